The van der Waals surface area contributed by atoms with Crippen molar-refractivity contribution in [3.8, 4) is 0 Å². The van der Waals surface area contributed by atoms with Crippen LogP contribution in [-0.2, 0) is 0 Å². The van der Waals surface area contributed by atoms with Gasteiger partial charge in [0, 0.05) is 5.92 Å². The standard InChI is InChI=1S/C12H13F3O/c1-7(16)10-5-4-9(12(13,14)15)6-11(10)8-2-3-8/h4,6,8,10,16H,1-3,5H2. The fourth-order valence-electron chi connectivity index (χ4n) is 2.06. The fraction of sp³-hybridized carbons (Fsp3) is 0.500. The quantitative estimate of drug-likeness (QED) is 0.713. The molecule has 1 saturated carbocycles. The first kappa shape index (κ1) is 11.3. The zero-order valence-electron chi connectivity index (χ0n) is 8.72. The molecule has 0 amide bonds. The van der Waals surface area contributed by atoms with Gasteiger partial charge in [0.1, 0.15) is 0 Å². The molecule has 88 valence electrons. The van der Waals surface area contributed by atoms with E-state index >= 15 is 0 Å². The molecule has 0 aromatic heterocycles. The Morgan fingerprint density at radius 1 is 1.38 bits per heavy atom. The van der Waals surface area contributed by atoms with Crippen LogP contribution in [0, 0.1) is 11.8 Å². The van der Waals surface area contributed by atoms with Crippen molar-refractivity contribution in [2.24, 2.45) is 11.8 Å². The molecule has 1 fully saturated rings. The average molecular weight is 230 g/mol. The molecular weight excluding hydrogens is 217 g/mol. The molecule has 1 N–H and O–H groups in total. The topological polar surface area (TPSA) is 20.2 Å². The molecule has 16 heavy (non-hydrogen) atoms. The van der Waals surface area contributed by atoms with Crippen LogP contribution in [0.1, 0.15) is 19.3 Å². The zero-order valence-corrected chi connectivity index (χ0v) is 8.72. The van der Waals surface area contributed by atoms with Gasteiger partial charge in [-0.3, -0.25) is 0 Å². The van der Waals surface area contributed by atoms with Crippen molar-refractivity contribution in [2.45, 2.75) is 25.4 Å². The summed E-state index contributed by atoms with van der Waals surface area (Å²) >= 11 is 0. The van der Waals surface area contributed by atoms with Crippen LogP contribution in [0.5, 0.6) is 0 Å². The largest absolute Gasteiger partial charge is 0.512 e. The van der Waals surface area contributed by atoms with Gasteiger partial charge in [0.2, 0.25) is 0 Å². The maximum absolute atomic E-state index is 12.5. The monoisotopic (exact) mass is 230 g/mol. The molecule has 2 aliphatic rings. The Bertz CT molecular complexity index is 372. The Morgan fingerprint density at radius 3 is 2.44 bits per heavy atom. The van der Waals surface area contributed by atoms with Gasteiger partial charge in [-0.25, -0.2) is 0 Å². The summed E-state index contributed by atoms with van der Waals surface area (Å²) in [4.78, 5) is 0. The van der Waals surface area contributed by atoms with E-state index in [2.05, 4.69) is 6.58 Å². The summed E-state index contributed by atoms with van der Waals surface area (Å²) in [6.07, 6.45) is 0.0705. The van der Waals surface area contributed by atoms with E-state index in [4.69, 9.17) is 0 Å². The third-order valence-electron chi connectivity index (χ3n) is 3.08. The molecule has 0 aliphatic heterocycles. The van der Waals surface area contributed by atoms with Gasteiger partial charge in [0.05, 0.1) is 11.3 Å². The number of aliphatic hydroxyl groups excluding tert-OH is 1. The second-order valence-corrected chi connectivity index (χ2v) is 4.36. The van der Waals surface area contributed by atoms with Crippen LogP contribution >= 0.6 is 0 Å². The van der Waals surface area contributed by atoms with Crippen LogP contribution in [-0.4, -0.2) is 11.3 Å². The minimum Gasteiger partial charge on any atom is -0.512 e. The second kappa shape index (κ2) is 3.68. The van der Waals surface area contributed by atoms with Gasteiger partial charge in [-0.1, -0.05) is 24.3 Å². The molecule has 0 aromatic carbocycles. The predicted octanol–water partition coefficient (Wildman–Crippen LogP) is 3.90. The van der Waals surface area contributed by atoms with Crippen molar-refractivity contribution >= 4 is 0 Å². The average Bonchev–Trinajstić information content (AvgIpc) is 2.98. The molecule has 1 unspecified atom stereocenters. The molecule has 0 saturated heterocycles. The van der Waals surface area contributed by atoms with Crippen LogP contribution < -0.4 is 0 Å². The Balaban J connectivity index is 2.27. The van der Waals surface area contributed by atoms with E-state index in [1.54, 1.807) is 0 Å². The van der Waals surface area contributed by atoms with E-state index in [9.17, 15) is 18.3 Å². The Kier molecular flexibility index (Phi) is 2.60. The Morgan fingerprint density at radius 2 is 2.00 bits per heavy atom. The number of allylic oxidation sites excluding steroid dienone is 4. The minimum atomic E-state index is -4.29. The highest BCUT2D eigenvalue weighted by Crippen LogP contribution is 2.46. The van der Waals surface area contributed by atoms with Gasteiger partial charge in [0.15, 0.2) is 0 Å². The molecule has 0 radical (unpaired) electrons. The summed E-state index contributed by atoms with van der Waals surface area (Å²) in [6, 6.07) is 0. The summed E-state index contributed by atoms with van der Waals surface area (Å²) in [6.45, 7) is 3.43. The molecule has 4 heteroatoms. The summed E-state index contributed by atoms with van der Waals surface area (Å²) in [7, 11) is 0. The number of aliphatic hydroxyl groups is 1. The van der Waals surface area contributed by atoms with Crippen LogP contribution in [0.25, 0.3) is 0 Å². The van der Waals surface area contributed by atoms with E-state index in [0.717, 1.165) is 18.9 Å². The first-order valence-electron chi connectivity index (χ1n) is 5.26. The van der Waals surface area contributed by atoms with E-state index in [1.807, 2.05) is 0 Å². The van der Waals surface area contributed by atoms with Crippen LogP contribution in [0.2, 0.25) is 0 Å². The van der Waals surface area contributed by atoms with E-state index in [1.165, 1.54) is 6.08 Å². The number of hydrogen-bond acceptors (Lipinski definition) is 1. The van der Waals surface area contributed by atoms with Gasteiger partial charge in [-0.05, 0) is 25.2 Å². The molecule has 2 aliphatic carbocycles. The molecule has 0 bridgehead atoms. The van der Waals surface area contributed by atoms with Crippen molar-refractivity contribution in [3.05, 3.63) is 35.6 Å². The molecule has 0 aromatic rings. The minimum absolute atomic E-state index is 0.0318. The summed E-state index contributed by atoms with van der Waals surface area (Å²) in [5.41, 5.74) is 0.106. The predicted molar refractivity (Wildman–Crippen MR) is 54.8 cm³/mol. The van der Waals surface area contributed by atoms with Crippen molar-refractivity contribution in [1.29, 1.82) is 0 Å². The normalized spacial score (nSPS) is 26.1. The maximum atomic E-state index is 12.5. The number of alkyl halides is 3. The van der Waals surface area contributed by atoms with E-state index in [-0.39, 0.29) is 24.0 Å². The van der Waals surface area contributed by atoms with E-state index in [0.29, 0.717) is 5.57 Å². The van der Waals surface area contributed by atoms with Crippen molar-refractivity contribution in [3.63, 3.8) is 0 Å². The van der Waals surface area contributed by atoms with Crippen LogP contribution in [0.15, 0.2) is 35.6 Å². The second-order valence-electron chi connectivity index (χ2n) is 4.36. The van der Waals surface area contributed by atoms with Crippen molar-refractivity contribution < 1.29 is 18.3 Å². The fourth-order valence-corrected chi connectivity index (χ4v) is 2.06. The van der Waals surface area contributed by atoms with Gasteiger partial charge >= 0.3 is 6.18 Å². The smallest absolute Gasteiger partial charge is 0.416 e. The first-order valence-corrected chi connectivity index (χ1v) is 5.26. The highest BCUT2D eigenvalue weighted by atomic mass is 19.4. The van der Waals surface area contributed by atoms with Crippen LogP contribution in [0.3, 0.4) is 0 Å². The maximum Gasteiger partial charge on any atom is 0.416 e. The molecule has 2 rings (SSSR count). The molecular formula is C12H13F3O. The van der Waals surface area contributed by atoms with Crippen molar-refractivity contribution in [1.82, 2.24) is 0 Å². The molecule has 0 spiro atoms. The first-order chi connectivity index (χ1) is 7.39. The Hall–Kier alpha value is -1.19. The molecule has 1 nitrogen and oxygen atoms in total. The van der Waals surface area contributed by atoms with Gasteiger partial charge in [-0.15, -0.1) is 0 Å². The molecule has 1 atom stereocenters. The lowest BCUT2D eigenvalue weighted by atomic mass is 9.84. The number of halogens is 3. The highest BCUT2D eigenvalue weighted by Gasteiger charge is 2.39. The van der Waals surface area contributed by atoms with Gasteiger partial charge in [-0.2, -0.15) is 13.2 Å². The number of hydrogen-bond donors (Lipinski definition) is 1. The highest BCUT2D eigenvalue weighted by molar-refractivity contribution is 5.38. The Labute approximate surface area is 92.0 Å². The third-order valence-corrected chi connectivity index (χ3v) is 3.08. The summed E-state index contributed by atoms with van der Waals surface area (Å²) < 4.78 is 37.6. The lowest BCUT2D eigenvalue weighted by Gasteiger charge is -2.24. The summed E-state index contributed by atoms with van der Waals surface area (Å²) in [5.74, 6) is -0.144. The van der Waals surface area contributed by atoms with Gasteiger partial charge < -0.3 is 5.11 Å². The van der Waals surface area contributed by atoms with E-state index < -0.39 is 11.7 Å². The zero-order chi connectivity index (χ0) is 11.9. The van der Waals surface area contributed by atoms with Crippen molar-refractivity contribution in [2.75, 3.05) is 0 Å². The number of rotatable bonds is 2. The van der Waals surface area contributed by atoms with Gasteiger partial charge in [0.25, 0.3) is 0 Å². The SMILES string of the molecule is C=C(O)C1CC=C(C(F)(F)F)C=C1C1CC1. The summed E-state index contributed by atoms with van der Waals surface area (Å²) in [5, 5.41) is 9.37. The lowest BCUT2D eigenvalue weighted by Crippen LogP contribution is -2.18. The molecule has 0 heterocycles. The van der Waals surface area contributed by atoms with Crippen LogP contribution in [0.4, 0.5) is 13.2 Å². The lowest BCUT2D eigenvalue weighted by molar-refractivity contribution is -0.0888. The third kappa shape index (κ3) is 2.15.